The third-order valence-electron chi connectivity index (χ3n) is 7.40. The number of nitrogens with one attached hydrogen (secondary N) is 1. The molecule has 5 heterocycles. The van der Waals surface area contributed by atoms with Crippen LogP contribution in [0.5, 0.6) is 0 Å². The van der Waals surface area contributed by atoms with Crippen molar-refractivity contribution in [3.8, 4) is 22.4 Å². The predicted molar refractivity (Wildman–Crippen MR) is 167 cm³/mol. The molecule has 12 heteroatoms. The number of rotatable bonds is 8. The molecule has 0 atom stereocenters. The molecule has 0 aliphatic carbocycles. The number of nitrogens with zero attached hydrogens (tertiary/aromatic N) is 6. The lowest BCUT2D eigenvalue weighted by Crippen LogP contribution is -2.46. The molecule has 1 aromatic carbocycles. The molecule has 0 spiro atoms. The van der Waals surface area contributed by atoms with E-state index < -0.39 is 11.7 Å². The number of thiophene rings is 1. The van der Waals surface area contributed by atoms with Gasteiger partial charge in [0.2, 0.25) is 0 Å². The Kier molecular flexibility index (Phi) is 8.48. The lowest BCUT2D eigenvalue weighted by atomic mass is 10.0. The van der Waals surface area contributed by atoms with Crippen molar-refractivity contribution in [1.29, 1.82) is 0 Å². The molecule has 0 amide bonds. The summed E-state index contributed by atoms with van der Waals surface area (Å²) in [4.78, 5) is 36.5. The first-order chi connectivity index (χ1) is 20.9. The van der Waals surface area contributed by atoms with Gasteiger partial charge in [0.25, 0.3) is 11.5 Å². The number of pyridine rings is 2. The van der Waals surface area contributed by atoms with Crippen LogP contribution in [0.1, 0.15) is 15.2 Å². The molecule has 220 valence electrons. The van der Waals surface area contributed by atoms with Crippen molar-refractivity contribution in [2.75, 3.05) is 38.5 Å². The smallest absolute Gasteiger partial charge is 0.280 e. The monoisotopic (exact) mass is 617 g/mol. The second kappa shape index (κ2) is 12.6. The third kappa shape index (κ3) is 6.30. The molecule has 0 unspecified atom stereocenters. The molecule has 43 heavy (non-hydrogen) atoms. The van der Waals surface area contributed by atoms with Crippen molar-refractivity contribution in [3.63, 3.8) is 0 Å². The summed E-state index contributed by atoms with van der Waals surface area (Å²) in [5.41, 5.74) is 1.55. The lowest BCUT2D eigenvalue weighted by Gasteiger charge is -2.32. The average molecular weight is 618 g/mol. The summed E-state index contributed by atoms with van der Waals surface area (Å²) in [6, 6.07) is 17.2. The summed E-state index contributed by atoms with van der Waals surface area (Å²) >= 11 is 7.47. The highest BCUT2D eigenvalue weighted by atomic mass is 35.5. The quantitative estimate of drug-likeness (QED) is 0.258. The number of carbonyl (C=O) groups is 1. The minimum atomic E-state index is -0.707. The Morgan fingerprint density at radius 2 is 1.84 bits per heavy atom. The van der Waals surface area contributed by atoms with Gasteiger partial charge in [-0.25, -0.2) is 4.39 Å². The Morgan fingerprint density at radius 1 is 1.05 bits per heavy atom. The van der Waals surface area contributed by atoms with Crippen LogP contribution in [0.3, 0.4) is 0 Å². The van der Waals surface area contributed by atoms with Crippen LogP contribution in [0.15, 0.2) is 84.0 Å². The standard InChI is InChI=1S/C31H29ClFN7O2S/c1-37-12-14-38(15-13-37)20-39-19-25(24(16-27(39)41)22-8-5-11-34-17-22)29-28(33)30(35-18-23-9-10-26(32)43-23)40(36-29)31(42)21-6-3-2-4-7-21/h2-11,16-17,19,35H,12-15,18,20H2,1H3. The van der Waals surface area contributed by atoms with E-state index in [4.69, 9.17) is 11.6 Å². The average Bonchev–Trinajstić information content (AvgIpc) is 3.60. The fourth-order valence-corrected chi connectivity index (χ4v) is 6.06. The van der Waals surface area contributed by atoms with E-state index in [1.54, 1.807) is 71.7 Å². The van der Waals surface area contributed by atoms with Crippen LogP contribution in [-0.4, -0.2) is 68.3 Å². The van der Waals surface area contributed by atoms with Crippen molar-refractivity contribution in [2.24, 2.45) is 0 Å². The maximum Gasteiger partial charge on any atom is 0.280 e. The highest BCUT2D eigenvalue weighted by molar-refractivity contribution is 7.16. The fourth-order valence-electron chi connectivity index (χ4n) is 5.03. The number of likely N-dealkylation sites (N-methyl/N-ethyl adjacent to an activating group) is 1. The van der Waals surface area contributed by atoms with Gasteiger partial charge in [-0.2, -0.15) is 9.78 Å². The second-order valence-corrected chi connectivity index (χ2v) is 12.2. The molecule has 4 aromatic heterocycles. The van der Waals surface area contributed by atoms with E-state index in [0.29, 0.717) is 33.3 Å². The van der Waals surface area contributed by atoms with Crippen LogP contribution in [-0.2, 0) is 13.2 Å². The molecule has 0 radical (unpaired) electrons. The maximum absolute atomic E-state index is 16.6. The molecule has 1 saturated heterocycles. The van der Waals surface area contributed by atoms with E-state index in [1.807, 2.05) is 6.07 Å². The number of halogens is 2. The van der Waals surface area contributed by atoms with Gasteiger partial charge in [0.1, 0.15) is 5.69 Å². The highest BCUT2D eigenvalue weighted by Gasteiger charge is 2.27. The van der Waals surface area contributed by atoms with Crippen LogP contribution < -0.4 is 10.9 Å². The Bertz CT molecular complexity index is 1800. The molecule has 1 fully saturated rings. The first-order valence-electron chi connectivity index (χ1n) is 13.8. The largest absolute Gasteiger partial charge is 0.363 e. The van der Waals surface area contributed by atoms with Crippen molar-refractivity contribution in [2.45, 2.75) is 13.2 Å². The summed E-state index contributed by atoms with van der Waals surface area (Å²) in [6.45, 7) is 3.97. The Morgan fingerprint density at radius 3 is 2.53 bits per heavy atom. The van der Waals surface area contributed by atoms with E-state index in [9.17, 15) is 9.59 Å². The molecule has 1 aliphatic rings. The summed E-state index contributed by atoms with van der Waals surface area (Å²) in [5.74, 6) is -1.28. The molecular formula is C31H29ClFN7O2S. The molecule has 0 bridgehead atoms. The van der Waals surface area contributed by atoms with Gasteiger partial charge in [0, 0.05) is 72.4 Å². The van der Waals surface area contributed by atoms with Gasteiger partial charge in [0.15, 0.2) is 11.6 Å². The van der Waals surface area contributed by atoms with Gasteiger partial charge in [0.05, 0.1) is 17.5 Å². The van der Waals surface area contributed by atoms with Gasteiger partial charge >= 0.3 is 0 Å². The van der Waals surface area contributed by atoms with E-state index in [0.717, 1.165) is 35.7 Å². The van der Waals surface area contributed by atoms with Crippen LogP contribution in [0.4, 0.5) is 10.2 Å². The molecule has 1 aliphatic heterocycles. The number of aromatic nitrogens is 4. The number of benzene rings is 1. The Hall–Kier alpha value is -4.16. The van der Waals surface area contributed by atoms with Gasteiger partial charge in [-0.1, -0.05) is 35.9 Å². The zero-order chi connectivity index (χ0) is 29.9. The zero-order valence-corrected chi connectivity index (χ0v) is 25.0. The normalized spacial score (nSPS) is 14.2. The minimum Gasteiger partial charge on any atom is -0.363 e. The number of carbonyl (C=O) groups excluding carboxylic acids is 1. The first-order valence-corrected chi connectivity index (χ1v) is 15.0. The van der Waals surface area contributed by atoms with Gasteiger partial charge in [-0.05, 0) is 42.9 Å². The molecule has 0 saturated carbocycles. The second-order valence-electron chi connectivity index (χ2n) is 10.4. The Labute approximate surface area is 256 Å². The maximum atomic E-state index is 16.6. The van der Waals surface area contributed by atoms with Gasteiger partial charge < -0.3 is 14.8 Å². The number of hydrogen-bond acceptors (Lipinski definition) is 8. The lowest BCUT2D eigenvalue weighted by molar-refractivity contribution is 0.0947. The van der Waals surface area contributed by atoms with Crippen LogP contribution >= 0.6 is 22.9 Å². The molecule has 9 nitrogen and oxygen atoms in total. The van der Waals surface area contributed by atoms with Gasteiger partial charge in [-0.15, -0.1) is 11.3 Å². The number of piperazine rings is 1. The van der Waals surface area contributed by atoms with E-state index >= 15 is 4.39 Å². The van der Waals surface area contributed by atoms with E-state index in [2.05, 4.69) is 32.2 Å². The van der Waals surface area contributed by atoms with Crippen molar-refractivity contribution in [1.82, 2.24) is 29.1 Å². The molecule has 1 N–H and O–H groups in total. The topological polar surface area (TPSA) is 88.3 Å². The SMILES string of the molecule is CN1CCN(Cn2cc(-c3nn(C(=O)c4ccccc4)c(NCc4ccc(Cl)s4)c3F)c(-c3cccnc3)cc2=O)CC1. The van der Waals surface area contributed by atoms with Crippen molar-refractivity contribution >= 4 is 34.7 Å². The van der Waals surface area contributed by atoms with Crippen LogP contribution in [0.2, 0.25) is 4.34 Å². The zero-order valence-electron chi connectivity index (χ0n) is 23.4. The molecule has 6 rings (SSSR count). The predicted octanol–water partition coefficient (Wildman–Crippen LogP) is 5.13. The molecular weight excluding hydrogens is 589 g/mol. The minimum absolute atomic E-state index is 0.0537. The van der Waals surface area contributed by atoms with E-state index in [1.165, 1.54) is 17.4 Å². The van der Waals surface area contributed by atoms with Gasteiger partial charge in [-0.3, -0.25) is 19.5 Å². The number of hydrogen-bond donors (Lipinski definition) is 1. The Balaban J connectivity index is 1.47. The van der Waals surface area contributed by atoms with Crippen LogP contribution in [0.25, 0.3) is 22.4 Å². The highest BCUT2D eigenvalue weighted by Crippen LogP contribution is 2.35. The van der Waals surface area contributed by atoms with Crippen molar-refractivity contribution in [3.05, 3.63) is 110 Å². The van der Waals surface area contributed by atoms with Crippen molar-refractivity contribution < 1.29 is 9.18 Å². The summed E-state index contributed by atoms with van der Waals surface area (Å²) in [5, 5.41) is 7.61. The number of anilines is 1. The van der Waals surface area contributed by atoms with Crippen LogP contribution in [0, 0.1) is 5.82 Å². The first kappa shape index (κ1) is 28.9. The fraction of sp³-hybridized carbons (Fsp3) is 0.226. The summed E-state index contributed by atoms with van der Waals surface area (Å²) in [7, 11) is 2.07. The third-order valence-corrected chi connectivity index (χ3v) is 8.63. The van der Waals surface area contributed by atoms with E-state index in [-0.39, 0.29) is 23.6 Å². The summed E-state index contributed by atoms with van der Waals surface area (Å²) < 4.78 is 19.8. The summed E-state index contributed by atoms with van der Waals surface area (Å²) in [6.07, 6.45) is 4.88. The molecule has 5 aromatic rings.